The summed E-state index contributed by atoms with van der Waals surface area (Å²) < 4.78 is 14.9. The largest absolute Gasteiger partial charge is 0.315 e. The first-order valence-electron chi connectivity index (χ1n) is 6.85. The highest BCUT2D eigenvalue weighted by Crippen LogP contribution is 2.37. The third-order valence-electron chi connectivity index (χ3n) is 3.61. The number of hydrogen-bond acceptors (Lipinski definition) is 2. The van der Waals surface area contributed by atoms with Crippen molar-refractivity contribution in [3.8, 4) is 11.3 Å². The molecule has 0 atom stereocenters. The van der Waals surface area contributed by atoms with E-state index < -0.39 is 0 Å². The average Bonchev–Trinajstić information content (AvgIpc) is 3.26. The molecule has 0 saturated heterocycles. The normalized spacial score (nSPS) is 14.5. The van der Waals surface area contributed by atoms with Gasteiger partial charge in [-0.25, -0.2) is 4.39 Å². The lowest BCUT2D eigenvalue weighted by molar-refractivity contribution is 0.627. The maximum Gasteiger partial charge on any atom is 0.255 e. The van der Waals surface area contributed by atoms with Gasteiger partial charge in [0.15, 0.2) is 0 Å². The molecule has 1 aliphatic carbocycles. The highest BCUT2D eigenvalue weighted by molar-refractivity contribution is 5.60. The Morgan fingerprint density at radius 1 is 1.20 bits per heavy atom. The van der Waals surface area contributed by atoms with Gasteiger partial charge in [-0.15, -0.1) is 0 Å². The summed E-state index contributed by atoms with van der Waals surface area (Å²) in [5.74, 6) is -0.263. The molecule has 0 radical (unpaired) electrons. The van der Waals surface area contributed by atoms with Crippen molar-refractivity contribution < 1.29 is 4.39 Å². The van der Waals surface area contributed by atoms with E-state index in [2.05, 4.69) is 5.32 Å². The summed E-state index contributed by atoms with van der Waals surface area (Å²) in [5, 5.41) is 3.02. The molecule has 1 aromatic carbocycles. The highest BCUT2D eigenvalue weighted by atomic mass is 19.1. The summed E-state index contributed by atoms with van der Waals surface area (Å²) in [5.41, 5.74) is 2.58. The first-order valence-corrected chi connectivity index (χ1v) is 6.85. The summed E-state index contributed by atoms with van der Waals surface area (Å²) >= 11 is 0. The van der Waals surface area contributed by atoms with Crippen LogP contribution in [-0.4, -0.2) is 11.6 Å². The molecule has 104 valence electrons. The van der Waals surface area contributed by atoms with Crippen LogP contribution in [0.15, 0.2) is 41.2 Å². The number of halogens is 1. The maximum absolute atomic E-state index is 13.0. The summed E-state index contributed by atoms with van der Waals surface area (Å²) in [6.07, 6.45) is 2.08. The van der Waals surface area contributed by atoms with Crippen LogP contribution in [-0.2, 0) is 6.54 Å². The third-order valence-corrected chi connectivity index (χ3v) is 3.61. The molecule has 3 nitrogen and oxygen atoms in total. The zero-order chi connectivity index (χ0) is 14.1. The lowest BCUT2D eigenvalue weighted by atomic mass is 10.1. The molecule has 0 aliphatic heterocycles. The Morgan fingerprint density at radius 2 is 1.90 bits per heavy atom. The Kier molecular flexibility index (Phi) is 3.40. The van der Waals surface area contributed by atoms with Crippen LogP contribution in [0.5, 0.6) is 0 Å². The second-order valence-corrected chi connectivity index (χ2v) is 5.19. The molecule has 3 rings (SSSR count). The summed E-state index contributed by atoms with van der Waals surface area (Å²) in [6.45, 7) is 0.565. The first-order chi connectivity index (χ1) is 9.70. The second-order valence-electron chi connectivity index (χ2n) is 5.19. The van der Waals surface area contributed by atoms with Gasteiger partial charge in [-0.3, -0.25) is 4.79 Å². The maximum atomic E-state index is 13.0. The lowest BCUT2D eigenvalue weighted by Gasteiger charge is -2.14. The number of nitrogens with one attached hydrogen (secondary N) is 1. The van der Waals surface area contributed by atoms with E-state index in [9.17, 15) is 9.18 Å². The third kappa shape index (κ3) is 2.39. The number of rotatable bonds is 4. The van der Waals surface area contributed by atoms with Gasteiger partial charge in [-0.1, -0.05) is 6.07 Å². The highest BCUT2D eigenvalue weighted by Gasteiger charge is 2.27. The van der Waals surface area contributed by atoms with Gasteiger partial charge in [0.2, 0.25) is 0 Å². The summed E-state index contributed by atoms with van der Waals surface area (Å²) in [4.78, 5) is 12.6. The van der Waals surface area contributed by atoms with E-state index in [0.717, 1.165) is 29.7 Å². The van der Waals surface area contributed by atoms with Crippen molar-refractivity contribution in [3.05, 3.63) is 58.1 Å². The lowest BCUT2D eigenvalue weighted by Crippen LogP contribution is -2.26. The van der Waals surface area contributed by atoms with Crippen molar-refractivity contribution in [2.24, 2.45) is 0 Å². The minimum absolute atomic E-state index is 0.0590. The number of nitrogens with zero attached hydrogens (tertiary/aromatic N) is 1. The van der Waals surface area contributed by atoms with Crippen LogP contribution < -0.4 is 10.9 Å². The SMILES string of the molecule is CNCc1ccc(-c2ccc(F)cc2)n(C2CC2)c1=O. The molecule has 0 amide bonds. The van der Waals surface area contributed by atoms with Crippen LogP contribution in [0.2, 0.25) is 0 Å². The van der Waals surface area contributed by atoms with Gasteiger partial charge in [0.1, 0.15) is 5.82 Å². The predicted octanol–water partition coefficient (Wildman–Crippen LogP) is 2.71. The molecule has 1 fully saturated rings. The van der Waals surface area contributed by atoms with Gasteiger partial charge >= 0.3 is 0 Å². The summed E-state index contributed by atoms with van der Waals surface area (Å²) in [7, 11) is 1.83. The van der Waals surface area contributed by atoms with Crippen LogP contribution in [0.1, 0.15) is 24.4 Å². The fraction of sp³-hybridized carbons (Fsp3) is 0.312. The van der Waals surface area contributed by atoms with E-state index in [1.165, 1.54) is 12.1 Å². The Labute approximate surface area is 117 Å². The van der Waals surface area contributed by atoms with E-state index in [0.29, 0.717) is 12.6 Å². The number of pyridine rings is 1. The summed E-state index contributed by atoms with van der Waals surface area (Å²) in [6, 6.07) is 10.4. The smallest absolute Gasteiger partial charge is 0.255 e. The Balaban J connectivity index is 2.13. The van der Waals surface area contributed by atoms with Gasteiger partial charge in [0.05, 0.1) is 5.69 Å². The molecule has 0 bridgehead atoms. The molecule has 20 heavy (non-hydrogen) atoms. The van der Waals surface area contributed by atoms with Crippen LogP contribution in [0.3, 0.4) is 0 Å². The van der Waals surface area contributed by atoms with Crippen molar-refractivity contribution in [1.82, 2.24) is 9.88 Å². The Bertz CT molecular complexity index is 672. The molecule has 0 spiro atoms. The molecule has 1 saturated carbocycles. The van der Waals surface area contributed by atoms with E-state index in [1.54, 1.807) is 12.1 Å². The minimum Gasteiger partial charge on any atom is -0.315 e. The van der Waals surface area contributed by atoms with Crippen LogP contribution >= 0.6 is 0 Å². The molecule has 1 aliphatic rings. The van der Waals surface area contributed by atoms with Crippen molar-refractivity contribution in [1.29, 1.82) is 0 Å². The molecule has 2 aromatic rings. The first kappa shape index (κ1) is 13.1. The van der Waals surface area contributed by atoms with Crippen molar-refractivity contribution in [2.45, 2.75) is 25.4 Å². The van der Waals surface area contributed by atoms with Gasteiger partial charge in [-0.05, 0) is 55.8 Å². The molecule has 1 heterocycles. The molecule has 0 unspecified atom stereocenters. The fourth-order valence-corrected chi connectivity index (χ4v) is 2.47. The molecule has 1 N–H and O–H groups in total. The molecular formula is C16H17FN2O. The topological polar surface area (TPSA) is 34.0 Å². The molecule has 4 heteroatoms. The number of aromatic nitrogens is 1. The minimum atomic E-state index is -0.263. The average molecular weight is 272 g/mol. The van der Waals surface area contributed by atoms with Gasteiger partial charge in [0.25, 0.3) is 5.56 Å². The Morgan fingerprint density at radius 3 is 2.50 bits per heavy atom. The van der Waals surface area contributed by atoms with E-state index in [4.69, 9.17) is 0 Å². The van der Waals surface area contributed by atoms with Gasteiger partial charge in [-0.2, -0.15) is 0 Å². The van der Waals surface area contributed by atoms with Gasteiger partial charge < -0.3 is 9.88 Å². The van der Waals surface area contributed by atoms with Crippen molar-refractivity contribution in [3.63, 3.8) is 0 Å². The van der Waals surface area contributed by atoms with Crippen LogP contribution in [0.4, 0.5) is 4.39 Å². The number of benzene rings is 1. The van der Waals surface area contributed by atoms with E-state index in [-0.39, 0.29) is 11.4 Å². The van der Waals surface area contributed by atoms with Crippen molar-refractivity contribution in [2.75, 3.05) is 7.05 Å². The quantitative estimate of drug-likeness (QED) is 0.928. The predicted molar refractivity (Wildman–Crippen MR) is 77.1 cm³/mol. The number of hydrogen-bond donors (Lipinski definition) is 1. The van der Waals surface area contributed by atoms with Crippen molar-refractivity contribution >= 4 is 0 Å². The zero-order valence-electron chi connectivity index (χ0n) is 11.4. The Hall–Kier alpha value is -1.94. The van der Waals surface area contributed by atoms with Crippen LogP contribution in [0.25, 0.3) is 11.3 Å². The standard InChI is InChI=1S/C16H17FN2O/c1-18-10-12-4-9-15(11-2-5-13(17)6-3-11)19(16(12)20)14-7-8-14/h2-6,9,14,18H,7-8,10H2,1H3. The van der Waals surface area contributed by atoms with E-state index >= 15 is 0 Å². The van der Waals surface area contributed by atoms with Crippen LogP contribution in [0, 0.1) is 5.82 Å². The van der Waals surface area contributed by atoms with E-state index in [1.807, 2.05) is 23.7 Å². The monoisotopic (exact) mass is 272 g/mol. The fourth-order valence-electron chi connectivity index (χ4n) is 2.47. The zero-order valence-corrected chi connectivity index (χ0v) is 11.4. The molecule has 1 aromatic heterocycles. The van der Waals surface area contributed by atoms with Gasteiger partial charge in [0, 0.05) is 18.2 Å². The molecular weight excluding hydrogens is 255 g/mol. The second kappa shape index (κ2) is 5.21.